The number of H-pyrrole nitrogens is 1. The molecule has 0 radical (unpaired) electrons. The average Bonchev–Trinajstić information content (AvgIpc) is 2.72. The number of fused-ring (bicyclic) bond motifs is 1. The summed E-state index contributed by atoms with van der Waals surface area (Å²) in [7, 11) is 0. The average molecular weight is 219 g/mol. The van der Waals surface area contributed by atoms with E-state index in [1.165, 1.54) is 0 Å². The van der Waals surface area contributed by atoms with Crippen LogP contribution < -0.4 is 5.32 Å². The van der Waals surface area contributed by atoms with Crippen molar-refractivity contribution in [2.75, 3.05) is 6.54 Å². The Kier molecular flexibility index (Phi) is 2.55. The molecular formula is C10H9N3O3. The molecule has 0 unspecified atom stereocenters. The predicted octanol–water partition coefficient (Wildman–Crippen LogP) is 0.377. The van der Waals surface area contributed by atoms with Crippen molar-refractivity contribution < 1.29 is 14.7 Å². The third kappa shape index (κ3) is 2.00. The first kappa shape index (κ1) is 10.2. The number of aromatic amines is 1. The van der Waals surface area contributed by atoms with E-state index in [2.05, 4.69) is 15.5 Å². The normalized spacial score (nSPS) is 10.2. The molecule has 1 aromatic carbocycles. The summed E-state index contributed by atoms with van der Waals surface area (Å²) in [6.45, 7) is -0.387. The highest BCUT2D eigenvalue weighted by atomic mass is 16.4. The van der Waals surface area contributed by atoms with Crippen molar-refractivity contribution in [3.63, 3.8) is 0 Å². The topological polar surface area (TPSA) is 95.1 Å². The fourth-order valence-electron chi connectivity index (χ4n) is 1.34. The maximum Gasteiger partial charge on any atom is 0.322 e. The van der Waals surface area contributed by atoms with Crippen LogP contribution in [0.25, 0.3) is 10.9 Å². The fraction of sp³-hybridized carbons (Fsp3) is 0.100. The molecule has 1 aromatic heterocycles. The quantitative estimate of drug-likeness (QED) is 0.695. The minimum absolute atomic E-state index is 0.387. The zero-order chi connectivity index (χ0) is 11.5. The summed E-state index contributed by atoms with van der Waals surface area (Å²) >= 11 is 0. The van der Waals surface area contributed by atoms with E-state index < -0.39 is 11.9 Å². The van der Waals surface area contributed by atoms with Gasteiger partial charge in [-0.3, -0.25) is 14.7 Å². The maximum atomic E-state index is 11.5. The molecule has 16 heavy (non-hydrogen) atoms. The van der Waals surface area contributed by atoms with E-state index in [1.54, 1.807) is 24.4 Å². The summed E-state index contributed by atoms with van der Waals surface area (Å²) in [5, 5.41) is 18.1. The Bertz CT molecular complexity index is 547. The van der Waals surface area contributed by atoms with Crippen LogP contribution in [0.1, 0.15) is 10.4 Å². The second kappa shape index (κ2) is 4.01. The molecule has 2 aromatic rings. The number of carbonyl (C=O) groups excluding carboxylic acids is 1. The molecule has 0 spiro atoms. The Balaban J connectivity index is 2.19. The van der Waals surface area contributed by atoms with Crippen molar-refractivity contribution in [2.24, 2.45) is 0 Å². The smallest absolute Gasteiger partial charge is 0.322 e. The molecule has 0 aliphatic carbocycles. The van der Waals surface area contributed by atoms with Gasteiger partial charge in [0.05, 0.1) is 11.7 Å². The van der Waals surface area contributed by atoms with Gasteiger partial charge in [0.15, 0.2) is 0 Å². The van der Waals surface area contributed by atoms with Gasteiger partial charge in [0, 0.05) is 10.9 Å². The van der Waals surface area contributed by atoms with Crippen molar-refractivity contribution in [3.05, 3.63) is 30.0 Å². The van der Waals surface area contributed by atoms with Crippen LogP contribution in [-0.2, 0) is 4.79 Å². The molecule has 6 heteroatoms. The lowest BCUT2D eigenvalue weighted by Crippen LogP contribution is -2.29. The molecular weight excluding hydrogens is 210 g/mol. The highest BCUT2D eigenvalue weighted by Crippen LogP contribution is 2.12. The summed E-state index contributed by atoms with van der Waals surface area (Å²) in [4.78, 5) is 21.8. The molecule has 0 aliphatic rings. The number of nitrogens with zero attached hydrogens (tertiary/aromatic N) is 1. The molecule has 0 atom stereocenters. The van der Waals surface area contributed by atoms with Gasteiger partial charge in [0.25, 0.3) is 5.91 Å². The van der Waals surface area contributed by atoms with Gasteiger partial charge >= 0.3 is 5.97 Å². The molecule has 2 rings (SSSR count). The first-order valence-electron chi connectivity index (χ1n) is 4.60. The number of hydrogen-bond donors (Lipinski definition) is 3. The van der Waals surface area contributed by atoms with Gasteiger partial charge in [-0.1, -0.05) is 0 Å². The minimum Gasteiger partial charge on any atom is -0.480 e. The molecule has 6 nitrogen and oxygen atoms in total. The third-order valence-electron chi connectivity index (χ3n) is 2.10. The first-order chi connectivity index (χ1) is 7.66. The third-order valence-corrected chi connectivity index (χ3v) is 2.10. The fourth-order valence-corrected chi connectivity index (χ4v) is 1.34. The van der Waals surface area contributed by atoms with E-state index >= 15 is 0 Å². The van der Waals surface area contributed by atoms with Crippen LogP contribution >= 0.6 is 0 Å². The van der Waals surface area contributed by atoms with Crippen molar-refractivity contribution >= 4 is 22.8 Å². The number of rotatable bonds is 3. The molecule has 1 amide bonds. The Morgan fingerprint density at radius 1 is 1.44 bits per heavy atom. The highest BCUT2D eigenvalue weighted by molar-refractivity contribution is 5.98. The van der Waals surface area contributed by atoms with Crippen LogP contribution in [0.15, 0.2) is 24.4 Å². The van der Waals surface area contributed by atoms with E-state index in [9.17, 15) is 9.59 Å². The van der Waals surface area contributed by atoms with Crippen molar-refractivity contribution in [1.29, 1.82) is 0 Å². The molecule has 0 bridgehead atoms. The number of benzene rings is 1. The summed E-state index contributed by atoms with van der Waals surface area (Å²) in [5.41, 5.74) is 1.24. The summed E-state index contributed by atoms with van der Waals surface area (Å²) in [5.74, 6) is -1.48. The number of aliphatic carboxylic acids is 1. The predicted molar refractivity (Wildman–Crippen MR) is 56.1 cm³/mol. The SMILES string of the molecule is O=C(O)CNC(=O)c1ccc2[nH]ncc2c1. The molecule has 82 valence electrons. The van der Waals surface area contributed by atoms with E-state index in [-0.39, 0.29) is 6.54 Å². The highest BCUT2D eigenvalue weighted by Gasteiger charge is 2.07. The van der Waals surface area contributed by atoms with Gasteiger partial charge in [-0.05, 0) is 18.2 Å². The number of nitrogens with one attached hydrogen (secondary N) is 2. The van der Waals surface area contributed by atoms with Crippen molar-refractivity contribution in [3.8, 4) is 0 Å². The first-order valence-corrected chi connectivity index (χ1v) is 4.60. The van der Waals surface area contributed by atoms with Crippen LogP contribution in [0.5, 0.6) is 0 Å². The monoisotopic (exact) mass is 219 g/mol. The van der Waals surface area contributed by atoms with Crippen LogP contribution in [0.2, 0.25) is 0 Å². The number of carboxylic acid groups (broad SMARTS) is 1. The Labute approximate surface area is 90.3 Å². The molecule has 3 N–H and O–H groups in total. The number of carboxylic acids is 1. The van der Waals surface area contributed by atoms with Crippen molar-refractivity contribution in [1.82, 2.24) is 15.5 Å². The van der Waals surface area contributed by atoms with Crippen LogP contribution in [0.4, 0.5) is 0 Å². The van der Waals surface area contributed by atoms with E-state index in [0.717, 1.165) is 10.9 Å². The lowest BCUT2D eigenvalue weighted by molar-refractivity contribution is -0.135. The summed E-state index contributed by atoms with van der Waals surface area (Å²) in [6.07, 6.45) is 1.60. The lowest BCUT2D eigenvalue weighted by Gasteiger charge is -2.01. The Morgan fingerprint density at radius 2 is 2.25 bits per heavy atom. The van der Waals surface area contributed by atoms with Gasteiger partial charge in [0.2, 0.25) is 0 Å². The van der Waals surface area contributed by atoms with E-state index in [0.29, 0.717) is 5.56 Å². The number of carbonyl (C=O) groups is 2. The largest absolute Gasteiger partial charge is 0.480 e. The van der Waals surface area contributed by atoms with Gasteiger partial charge in [-0.15, -0.1) is 0 Å². The Morgan fingerprint density at radius 3 is 3.00 bits per heavy atom. The number of hydrogen-bond acceptors (Lipinski definition) is 3. The zero-order valence-electron chi connectivity index (χ0n) is 8.23. The van der Waals surface area contributed by atoms with Crippen molar-refractivity contribution in [2.45, 2.75) is 0 Å². The zero-order valence-corrected chi connectivity index (χ0v) is 8.23. The van der Waals surface area contributed by atoms with E-state index in [4.69, 9.17) is 5.11 Å². The van der Waals surface area contributed by atoms with Gasteiger partial charge in [-0.2, -0.15) is 5.10 Å². The molecule has 0 aliphatic heterocycles. The summed E-state index contributed by atoms with van der Waals surface area (Å²) < 4.78 is 0. The molecule has 0 fully saturated rings. The van der Waals surface area contributed by atoms with Gasteiger partial charge in [-0.25, -0.2) is 0 Å². The molecule has 0 saturated heterocycles. The standard InChI is InChI=1S/C10H9N3O3/c14-9(15)5-11-10(16)6-1-2-8-7(3-6)4-12-13-8/h1-4H,5H2,(H,11,16)(H,12,13)(H,14,15). The van der Waals surface area contributed by atoms with E-state index in [1.807, 2.05) is 0 Å². The van der Waals surface area contributed by atoms with Gasteiger partial charge in [0.1, 0.15) is 6.54 Å². The Hall–Kier alpha value is -2.37. The summed E-state index contributed by atoms with van der Waals surface area (Å²) in [6, 6.07) is 4.98. The van der Waals surface area contributed by atoms with Crippen LogP contribution in [0, 0.1) is 0 Å². The van der Waals surface area contributed by atoms with Crippen LogP contribution in [-0.4, -0.2) is 33.7 Å². The second-order valence-corrected chi connectivity index (χ2v) is 3.25. The number of aromatic nitrogens is 2. The molecule has 0 saturated carbocycles. The second-order valence-electron chi connectivity index (χ2n) is 3.25. The lowest BCUT2D eigenvalue weighted by atomic mass is 10.1. The van der Waals surface area contributed by atoms with Crippen LogP contribution in [0.3, 0.4) is 0 Å². The maximum absolute atomic E-state index is 11.5. The molecule has 1 heterocycles. The number of amides is 1. The minimum atomic E-state index is -1.07. The van der Waals surface area contributed by atoms with Gasteiger partial charge < -0.3 is 10.4 Å².